The van der Waals surface area contributed by atoms with Crippen molar-refractivity contribution in [2.75, 3.05) is 0 Å². The standard InChI is InChI=1S/C17H11Cl2N3O2S/c1-9-7-25-17-15(9)16(20-8-21-17)23-6-13-5-14(22-24-13)10-2-11(18)4-12(19)3-10/h2-5,7-8H,6H2,1H3. The van der Waals surface area contributed by atoms with Crippen molar-refractivity contribution in [1.82, 2.24) is 15.1 Å². The first-order valence-electron chi connectivity index (χ1n) is 7.34. The van der Waals surface area contributed by atoms with E-state index in [0.717, 1.165) is 21.3 Å². The summed E-state index contributed by atoms with van der Waals surface area (Å²) < 4.78 is 11.2. The Hall–Kier alpha value is -2.15. The van der Waals surface area contributed by atoms with Gasteiger partial charge in [-0.15, -0.1) is 11.3 Å². The van der Waals surface area contributed by atoms with Gasteiger partial charge in [0.05, 0.1) is 5.39 Å². The molecule has 0 saturated heterocycles. The second-order valence-electron chi connectivity index (χ2n) is 5.40. The number of fused-ring (bicyclic) bond motifs is 1. The van der Waals surface area contributed by atoms with Crippen molar-refractivity contribution in [3.05, 3.63) is 57.3 Å². The zero-order valence-corrected chi connectivity index (χ0v) is 15.3. The van der Waals surface area contributed by atoms with E-state index in [-0.39, 0.29) is 6.61 Å². The number of aryl methyl sites for hydroxylation is 1. The van der Waals surface area contributed by atoms with Gasteiger partial charge in [0.15, 0.2) is 12.4 Å². The normalized spacial score (nSPS) is 11.2. The van der Waals surface area contributed by atoms with Crippen molar-refractivity contribution in [2.24, 2.45) is 0 Å². The van der Waals surface area contributed by atoms with Crippen LogP contribution in [0.25, 0.3) is 21.5 Å². The van der Waals surface area contributed by atoms with Crippen LogP contribution in [0.4, 0.5) is 0 Å². The fraction of sp³-hybridized carbons (Fsp3) is 0.118. The molecule has 5 nitrogen and oxygen atoms in total. The number of hydrogen-bond donors (Lipinski definition) is 0. The predicted octanol–water partition coefficient (Wildman–Crippen LogP) is 5.54. The Kier molecular flexibility index (Phi) is 4.33. The number of ether oxygens (including phenoxy) is 1. The average molecular weight is 392 g/mol. The van der Waals surface area contributed by atoms with Gasteiger partial charge in [0.25, 0.3) is 0 Å². The van der Waals surface area contributed by atoms with Crippen molar-refractivity contribution >= 4 is 44.8 Å². The van der Waals surface area contributed by atoms with Crippen molar-refractivity contribution in [2.45, 2.75) is 13.5 Å². The van der Waals surface area contributed by atoms with E-state index in [1.54, 1.807) is 35.6 Å². The van der Waals surface area contributed by atoms with Crippen LogP contribution in [0.3, 0.4) is 0 Å². The third-order valence-corrected chi connectivity index (χ3v) is 5.03. The van der Waals surface area contributed by atoms with Gasteiger partial charge in [-0.1, -0.05) is 28.4 Å². The van der Waals surface area contributed by atoms with Gasteiger partial charge in [-0.2, -0.15) is 0 Å². The molecular weight excluding hydrogens is 381 g/mol. The molecule has 0 atom stereocenters. The summed E-state index contributed by atoms with van der Waals surface area (Å²) >= 11 is 13.6. The topological polar surface area (TPSA) is 61.0 Å². The molecule has 4 rings (SSSR count). The van der Waals surface area contributed by atoms with Crippen LogP contribution in [-0.2, 0) is 6.61 Å². The molecule has 0 radical (unpaired) electrons. The summed E-state index contributed by atoms with van der Waals surface area (Å²) in [7, 11) is 0. The van der Waals surface area contributed by atoms with E-state index in [1.807, 2.05) is 12.3 Å². The van der Waals surface area contributed by atoms with Gasteiger partial charge in [0.1, 0.15) is 16.9 Å². The number of hydrogen-bond acceptors (Lipinski definition) is 6. The first-order chi connectivity index (χ1) is 12.1. The minimum absolute atomic E-state index is 0.211. The van der Waals surface area contributed by atoms with E-state index in [9.17, 15) is 0 Å². The number of halogens is 2. The van der Waals surface area contributed by atoms with E-state index < -0.39 is 0 Å². The predicted molar refractivity (Wildman–Crippen MR) is 98.4 cm³/mol. The fourth-order valence-corrected chi connectivity index (χ4v) is 3.86. The largest absolute Gasteiger partial charge is 0.469 e. The van der Waals surface area contributed by atoms with Crippen LogP contribution in [-0.4, -0.2) is 15.1 Å². The molecule has 8 heteroatoms. The molecule has 4 aromatic rings. The van der Waals surface area contributed by atoms with E-state index >= 15 is 0 Å². The lowest BCUT2D eigenvalue weighted by Gasteiger charge is -2.04. The van der Waals surface area contributed by atoms with Gasteiger partial charge < -0.3 is 9.26 Å². The zero-order valence-electron chi connectivity index (χ0n) is 13.0. The van der Waals surface area contributed by atoms with E-state index in [4.69, 9.17) is 32.5 Å². The number of aromatic nitrogens is 3. The van der Waals surface area contributed by atoms with Gasteiger partial charge in [0.2, 0.25) is 5.88 Å². The van der Waals surface area contributed by atoms with Crippen molar-refractivity contribution in [3.8, 4) is 17.1 Å². The highest BCUT2D eigenvalue weighted by Gasteiger charge is 2.13. The van der Waals surface area contributed by atoms with Crippen molar-refractivity contribution in [3.63, 3.8) is 0 Å². The van der Waals surface area contributed by atoms with Crippen molar-refractivity contribution < 1.29 is 9.26 Å². The van der Waals surface area contributed by atoms with Crippen molar-refractivity contribution in [1.29, 1.82) is 0 Å². The van der Waals surface area contributed by atoms with E-state index in [1.165, 1.54) is 6.33 Å². The highest BCUT2D eigenvalue weighted by molar-refractivity contribution is 7.17. The molecule has 126 valence electrons. The van der Waals surface area contributed by atoms with Crippen LogP contribution < -0.4 is 4.74 Å². The lowest BCUT2D eigenvalue weighted by Crippen LogP contribution is -1.97. The molecule has 0 aliphatic rings. The van der Waals surface area contributed by atoms with Crippen LogP contribution in [0.2, 0.25) is 10.0 Å². The molecule has 0 bridgehead atoms. The Bertz CT molecular complexity index is 1040. The Morgan fingerprint density at radius 3 is 2.72 bits per heavy atom. The summed E-state index contributed by atoms with van der Waals surface area (Å²) in [6.45, 7) is 2.22. The second-order valence-corrected chi connectivity index (χ2v) is 7.13. The molecule has 0 amide bonds. The summed E-state index contributed by atoms with van der Waals surface area (Å²) in [6, 6.07) is 7.01. The smallest absolute Gasteiger partial charge is 0.226 e. The fourth-order valence-electron chi connectivity index (χ4n) is 2.45. The number of rotatable bonds is 4. The molecule has 0 aliphatic carbocycles. The minimum atomic E-state index is 0.211. The summed E-state index contributed by atoms with van der Waals surface area (Å²) in [5.41, 5.74) is 2.51. The number of thiophene rings is 1. The number of nitrogens with zero attached hydrogens (tertiary/aromatic N) is 3. The molecule has 0 spiro atoms. The monoisotopic (exact) mass is 391 g/mol. The molecule has 0 fully saturated rings. The number of benzene rings is 1. The summed E-state index contributed by atoms with van der Waals surface area (Å²) in [5.74, 6) is 1.11. The summed E-state index contributed by atoms with van der Waals surface area (Å²) in [4.78, 5) is 9.36. The first-order valence-corrected chi connectivity index (χ1v) is 8.97. The van der Waals surface area contributed by atoms with Gasteiger partial charge in [0, 0.05) is 21.7 Å². The summed E-state index contributed by atoms with van der Waals surface area (Å²) in [5, 5.41) is 8.08. The Labute approximate surface area is 157 Å². The third-order valence-electron chi connectivity index (χ3n) is 3.59. The molecule has 0 saturated carbocycles. The van der Waals surface area contributed by atoms with Crippen LogP contribution in [0.5, 0.6) is 5.88 Å². The van der Waals surface area contributed by atoms with Crippen LogP contribution in [0, 0.1) is 6.92 Å². The Morgan fingerprint density at radius 1 is 1.12 bits per heavy atom. The van der Waals surface area contributed by atoms with Crippen LogP contribution in [0.15, 0.2) is 40.5 Å². The minimum Gasteiger partial charge on any atom is -0.469 e. The Morgan fingerprint density at radius 2 is 1.92 bits per heavy atom. The molecule has 25 heavy (non-hydrogen) atoms. The van der Waals surface area contributed by atoms with Gasteiger partial charge >= 0.3 is 0 Å². The first kappa shape index (κ1) is 16.3. The molecule has 0 aliphatic heterocycles. The van der Waals surface area contributed by atoms with E-state index in [2.05, 4.69) is 15.1 Å². The molecule has 3 aromatic heterocycles. The highest BCUT2D eigenvalue weighted by Crippen LogP contribution is 2.31. The zero-order chi connectivity index (χ0) is 17.4. The van der Waals surface area contributed by atoms with Gasteiger partial charge in [-0.05, 0) is 36.1 Å². The maximum atomic E-state index is 6.03. The molecule has 3 heterocycles. The van der Waals surface area contributed by atoms with E-state index in [0.29, 0.717) is 27.4 Å². The highest BCUT2D eigenvalue weighted by atomic mass is 35.5. The maximum absolute atomic E-state index is 6.03. The quantitative estimate of drug-likeness (QED) is 0.456. The van der Waals surface area contributed by atoms with Gasteiger partial charge in [-0.25, -0.2) is 9.97 Å². The lowest BCUT2D eigenvalue weighted by atomic mass is 10.1. The maximum Gasteiger partial charge on any atom is 0.226 e. The second kappa shape index (κ2) is 6.63. The lowest BCUT2D eigenvalue weighted by molar-refractivity contribution is 0.244. The molecular formula is C17H11Cl2N3O2S. The Balaban J connectivity index is 1.56. The van der Waals surface area contributed by atoms with Crippen LogP contribution in [0.1, 0.15) is 11.3 Å². The van der Waals surface area contributed by atoms with Crippen LogP contribution >= 0.6 is 34.5 Å². The average Bonchev–Trinajstić information content (AvgIpc) is 3.20. The molecule has 0 N–H and O–H groups in total. The molecule has 1 aromatic carbocycles. The molecule has 0 unspecified atom stereocenters. The third kappa shape index (κ3) is 3.33. The summed E-state index contributed by atoms with van der Waals surface area (Å²) in [6.07, 6.45) is 1.49. The van der Waals surface area contributed by atoms with Gasteiger partial charge in [-0.3, -0.25) is 0 Å². The SMILES string of the molecule is Cc1csc2ncnc(OCc3cc(-c4cc(Cl)cc(Cl)c4)no3)c12.